The van der Waals surface area contributed by atoms with E-state index in [0.29, 0.717) is 56.9 Å². The lowest BCUT2D eigenvalue weighted by Gasteiger charge is -2.53. The molecule has 0 bridgehead atoms. The lowest BCUT2D eigenvalue weighted by atomic mass is 9.82. The number of halogens is 3. The summed E-state index contributed by atoms with van der Waals surface area (Å²) in [4.78, 5) is 17.9. The smallest absolute Gasteiger partial charge is 0.433 e. The van der Waals surface area contributed by atoms with Gasteiger partial charge < -0.3 is 20.1 Å². The van der Waals surface area contributed by atoms with Crippen LogP contribution >= 0.6 is 0 Å². The summed E-state index contributed by atoms with van der Waals surface area (Å²) >= 11 is 0. The van der Waals surface area contributed by atoms with Crippen molar-refractivity contribution in [3.8, 4) is 23.2 Å². The van der Waals surface area contributed by atoms with Crippen molar-refractivity contribution in [2.24, 2.45) is 0 Å². The van der Waals surface area contributed by atoms with Crippen LogP contribution in [0.2, 0.25) is 0 Å². The maximum absolute atomic E-state index is 13.5. The molecule has 0 spiro atoms. The topological polar surface area (TPSA) is 141 Å². The highest BCUT2D eigenvalue weighted by molar-refractivity contribution is 5.90. The van der Waals surface area contributed by atoms with Gasteiger partial charge in [-0.2, -0.15) is 23.5 Å². The van der Waals surface area contributed by atoms with E-state index in [4.69, 9.17) is 9.84 Å². The fourth-order valence-corrected chi connectivity index (χ4v) is 6.26. The third-order valence-electron chi connectivity index (χ3n) is 8.54. The number of hydrogen-bond acceptors (Lipinski definition) is 9. The van der Waals surface area contributed by atoms with Gasteiger partial charge in [0.2, 0.25) is 5.88 Å². The highest BCUT2D eigenvalue weighted by Crippen LogP contribution is 2.39. The molecule has 2 aliphatic rings. The second-order valence-electron chi connectivity index (χ2n) is 11.6. The largest absolute Gasteiger partial charge is 0.474 e. The molecule has 1 aliphatic heterocycles. The van der Waals surface area contributed by atoms with Crippen LogP contribution in [-0.2, 0) is 18.3 Å². The molecular formula is C30H34F3N9O2. The van der Waals surface area contributed by atoms with Gasteiger partial charge >= 0.3 is 6.18 Å². The van der Waals surface area contributed by atoms with E-state index in [1.807, 2.05) is 23.1 Å². The normalized spacial score (nSPS) is 20.3. The Kier molecular flexibility index (Phi) is 8.53. The minimum atomic E-state index is -4.58. The predicted molar refractivity (Wildman–Crippen MR) is 154 cm³/mol. The van der Waals surface area contributed by atoms with Gasteiger partial charge in [0.05, 0.1) is 24.4 Å². The first kappa shape index (κ1) is 30.0. The average Bonchev–Trinajstić information content (AvgIpc) is 3.68. The average molecular weight is 610 g/mol. The molecule has 3 N–H and O–H groups in total. The van der Waals surface area contributed by atoms with Crippen LogP contribution < -0.4 is 10.1 Å². The standard InChI is InChI=1S/C30H34F3N9O2/c31-30(32,33)25-12-20(14-35-9-1-11-43)13-26(40-25)44-23-4-2-22(3-5-23)41-17-29(18-41,7-8-34)42-16-21(15-39-42)27-24-6-10-36-28(24)38-19-37-27/h6,10,12-13,15-16,19,22-23,35,43H,1-5,7,9,11,14,17-18H2,(H,36,37,38). The number of ether oxygens (including phenoxy) is 1. The number of aromatic nitrogens is 6. The van der Waals surface area contributed by atoms with E-state index in [2.05, 4.69) is 41.3 Å². The number of aliphatic hydroxyl groups is 1. The number of fused-ring (bicyclic) bond motifs is 1. The van der Waals surface area contributed by atoms with Gasteiger partial charge in [-0.25, -0.2) is 15.0 Å². The number of pyridine rings is 1. The Morgan fingerprint density at radius 3 is 2.75 bits per heavy atom. The van der Waals surface area contributed by atoms with Crippen LogP contribution in [0.4, 0.5) is 13.2 Å². The van der Waals surface area contributed by atoms with Crippen molar-refractivity contribution >= 4 is 11.0 Å². The Morgan fingerprint density at radius 1 is 1.18 bits per heavy atom. The van der Waals surface area contributed by atoms with Crippen LogP contribution in [0.5, 0.6) is 5.88 Å². The van der Waals surface area contributed by atoms with E-state index in [-0.39, 0.29) is 25.1 Å². The molecule has 44 heavy (non-hydrogen) atoms. The molecule has 0 radical (unpaired) electrons. The molecule has 2 fully saturated rings. The highest BCUT2D eigenvalue weighted by Gasteiger charge is 2.48. The van der Waals surface area contributed by atoms with Crippen molar-refractivity contribution in [1.29, 1.82) is 5.26 Å². The van der Waals surface area contributed by atoms with Crippen molar-refractivity contribution in [2.75, 3.05) is 26.2 Å². The fraction of sp³-hybridized carbons (Fsp3) is 0.500. The summed E-state index contributed by atoms with van der Waals surface area (Å²) in [6, 6.07) is 7.15. The molecule has 0 unspecified atom stereocenters. The third kappa shape index (κ3) is 6.26. The molecule has 11 nitrogen and oxygen atoms in total. The van der Waals surface area contributed by atoms with Crippen molar-refractivity contribution in [1.82, 2.24) is 39.9 Å². The summed E-state index contributed by atoms with van der Waals surface area (Å²) in [5.41, 5.74) is 1.41. The summed E-state index contributed by atoms with van der Waals surface area (Å²) in [5, 5.41) is 27.2. The number of nitrogens with zero attached hydrogens (tertiary/aromatic N) is 7. The molecule has 0 atom stereocenters. The van der Waals surface area contributed by atoms with Gasteiger partial charge in [-0.1, -0.05) is 0 Å². The molecule has 4 aromatic heterocycles. The molecule has 5 heterocycles. The Hall–Kier alpha value is -4.06. The molecule has 6 rings (SSSR count). The number of hydrogen-bond donors (Lipinski definition) is 3. The number of nitriles is 1. The number of aromatic amines is 1. The lowest BCUT2D eigenvalue weighted by molar-refractivity contribution is -0.141. The second kappa shape index (κ2) is 12.5. The Morgan fingerprint density at radius 2 is 2.00 bits per heavy atom. The summed E-state index contributed by atoms with van der Waals surface area (Å²) < 4.78 is 48.4. The summed E-state index contributed by atoms with van der Waals surface area (Å²) in [6.07, 6.45) is 6.15. The first-order chi connectivity index (χ1) is 21.3. The van der Waals surface area contributed by atoms with E-state index in [9.17, 15) is 18.4 Å². The summed E-state index contributed by atoms with van der Waals surface area (Å²) in [5.74, 6) is -0.0192. The molecule has 4 aromatic rings. The number of H-pyrrole nitrogens is 1. The Balaban J connectivity index is 1.07. The molecule has 14 heteroatoms. The second-order valence-corrected chi connectivity index (χ2v) is 11.6. The summed E-state index contributed by atoms with van der Waals surface area (Å²) in [7, 11) is 0. The highest BCUT2D eigenvalue weighted by atomic mass is 19.4. The SMILES string of the molecule is N#CCC1(n2cc(-c3ncnc4[nH]ccc34)cn2)CN(C2CCC(Oc3cc(CNCCCO)cc(C(F)(F)F)n3)CC2)C1. The number of nitrogens with one attached hydrogen (secondary N) is 2. The van der Waals surface area contributed by atoms with Crippen LogP contribution in [0.3, 0.4) is 0 Å². The molecule has 0 amide bonds. The molecular weight excluding hydrogens is 575 g/mol. The zero-order valence-corrected chi connectivity index (χ0v) is 24.1. The third-order valence-corrected chi connectivity index (χ3v) is 8.54. The molecule has 1 aliphatic carbocycles. The van der Waals surface area contributed by atoms with Crippen molar-refractivity contribution < 1.29 is 23.0 Å². The molecule has 232 valence electrons. The van der Waals surface area contributed by atoms with Crippen LogP contribution in [-0.4, -0.2) is 78.1 Å². The lowest BCUT2D eigenvalue weighted by Crippen LogP contribution is -2.65. The van der Waals surface area contributed by atoms with E-state index in [1.54, 1.807) is 12.3 Å². The van der Waals surface area contributed by atoms with Gasteiger partial charge in [0.25, 0.3) is 0 Å². The maximum Gasteiger partial charge on any atom is 0.433 e. The quantitative estimate of drug-likeness (QED) is 0.215. The van der Waals surface area contributed by atoms with Gasteiger partial charge in [0.1, 0.15) is 29.3 Å². The molecule has 1 saturated heterocycles. The van der Waals surface area contributed by atoms with Gasteiger partial charge in [0, 0.05) is 61.7 Å². The number of alkyl halides is 3. The number of aliphatic hydroxyl groups excluding tert-OH is 1. The summed E-state index contributed by atoms with van der Waals surface area (Å²) in [6.45, 7) is 2.09. The predicted octanol–water partition coefficient (Wildman–Crippen LogP) is 4.02. The van der Waals surface area contributed by atoms with Gasteiger partial charge in [-0.15, -0.1) is 0 Å². The van der Waals surface area contributed by atoms with E-state index >= 15 is 0 Å². The monoisotopic (exact) mass is 609 g/mol. The minimum absolute atomic E-state index is 0.0106. The Bertz CT molecular complexity index is 1620. The van der Waals surface area contributed by atoms with Gasteiger partial charge in [0.15, 0.2) is 0 Å². The fourth-order valence-electron chi connectivity index (χ4n) is 6.26. The van der Waals surface area contributed by atoms with E-state index in [1.165, 1.54) is 6.33 Å². The number of rotatable bonds is 11. The van der Waals surface area contributed by atoms with Crippen molar-refractivity contribution in [2.45, 2.75) is 68.9 Å². The van der Waals surface area contributed by atoms with E-state index < -0.39 is 17.4 Å². The van der Waals surface area contributed by atoms with Gasteiger partial charge in [-0.3, -0.25) is 9.58 Å². The van der Waals surface area contributed by atoms with Crippen LogP contribution in [0.25, 0.3) is 22.3 Å². The Labute approximate surface area is 252 Å². The molecule has 0 aromatic carbocycles. The van der Waals surface area contributed by atoms with Crippen molar-refractivity contribution in [3.05, 3.63) is 54.4 Å². The van der Waals surface area contributed by atoms with Crippen LogP contribution in [0.1, 0.15) is 49.8 Å². The first-order valence-corrected chi connectivity index (χ1v) is 14.8. The van der Waals surface area contributed by atoms with Crippen LogP contribution in [0.15, 0.2) is 43.1 Å². The van der Waals surface area contributed by atoms with Crippen molar-refractivity contribution in [3.63, 3.8) is 0 Å². The van der Waals surface area contributed by atoms with E-state index in [0.717, 1.165) is 41.2 Å². The zero-order chi connectivity index (χ0) is 30.7. The first-order valence-electron chi connectivity index (χ1n) is 14.8. The molecule has 1 saturated carbocycles. The van der Waals surface area contributed by atoms with Gasteiger partial charge in [-0.05, 0) is 56.3 Å². The zero-order valence-electron chi connectivity index (χ0n) is 24.1. The number of likely N-dealkylation sites (tertiary alicyclic amines) is 1. The minimum Gasteiger partial charge on any atom is -0.474 e. The maximum atomic E-state index is 13.5. The van der Waals surface area contributed by atoms with Crippen LogP contribution in [0, 0.1) is 11.3 Å².